The van der Waals surface area contributed by atoms with Gasteiger partial charge in [0.05, 0.1) is 30.7 Å². The third kappa shape index (κ3) is 7.03. The topological polar surface area (TPSA) is 148 Å². The van der Waals surface area contributed by atoms with Crippen LogP contribution in [0.2, 0.25) is 0 Å². The number of carbonyl (C=O) groups excluding carboxylic acids is 3. The first-order chi connectivity index (χ1) is 20.6. The zero-order valence-corrected chi connectivity index (χ0v) is 28.8. The summed E-state index contributed by atoms with van der Waals surface area (Å²) in [5, 5.41) is 3.10. The van der Waals surface area contributed by atoms with E-state index in [4.69, 9.17) is 33.9 Å². The van der Waals surface area contributed by atoms with E-state index in [2.05, 4.69) is 26.6 Å². The van der Waals surface area contributed by atoms with E-state index >= 15 is 0 Å². The van der Waals surface area contributed by atoms with Crippen molar-refractivity contribution < 1.29 is 42.6 Å². The van der Waals surface area contributed by atoms with E-state index < -0.39 is 48.4 Å². The molecule has 0 bridgehead atoms. The predicted octanol–water partition coefficient (Wildman–Crippen LogP) is 2.02. The van der Waals surface area contributed by atoms with E-state index in [-0.39, 0.29) is 72.4 Å². The molecule has 4 heterocycles. The van der Waals surface area contributed by atoms with Crippen LogP contribution in [-0.2, 0) is 42.6 Å². The van der Waals surface area contributed by atoms with Gasteiger partial charge < -0.3 is 38.8 Å². The molecule has 252 valence electrons. The van der Waals surface area contributed by atoms with Gasteiger partial charge in [0.15, 0.2) is 12.0 Å². The molecule has 0 amide bonds. The molecule has 0 spiro atoms. The summed E-state index contributed by atoms with van der Waals surface area (Å²) in [6.45, 7) is 11.8. The van der Waals surface area contributed by atoms with Crippen molar-refractivity contribution in [2.75, 3.05) is 21.2 Å². The van der Waals surface area contributed by atoms with E-state index in [0.29, 0.717) is 12.8 Å². The summed E-state index contributed by atoms with van der Waals surface area (Å²) in [6, 6.07) is -0.281. The van der Waals surface area contributed by atoms with Crippen LogP contribution >= 0.6 is 9.47 Å². The van der Waals surface area contributed by atoms with E-state index in [1.807, 2.05) is 41.8 Å². The Hall–Kier alpha value is -1.24. The molecule has 0 saturated carbocycles. The van der Waals surface area contributed by atoms with Crippen LogP contribution in [-0.4, -0.2) is 104 Å². The van der Waals surface area contributed by atoms with E-state index in [9.17, 15) is 14.4 Å². The van der Waals surface area contributed by atoms with E-state index in [0.717, 1.165) is 0 Å². The number of hydrogen-bond donors (Lipinski definition) is 2. The Morgan fingerprint density at radius 1 is 0.955 bits per heavy atom. The van der Waals surface area contributed by atoms with Crippen molar-refractivity contribution in [1.29, 1.82) is 0 Å². The number of nitrogens with two attached hydrogens (primary N) is 1. The molecule has 12 nitrogen and oxygen atoms in total. The SMILES string of the molecule is CO[C@@H]1[C@@H](OC2OC(C)C(C)C(N(C)C)C2OP)[C@@H](C)C[C@@H](C)C(=O)C[C@H]2N[C@@]3(N)C(=O)O[C@@H](C[C@@H](C)OC(=O)C[C@H]1C)C23. The molecule has 7 unspecified atom stereocenters. The lowest BCUT2D eigenvalue weighted by Crippen LogP contribution is -2.78. The van der Waals surface area contributed by atoms with Crippen LogP contribution in [0.4, 0.5) is 0 Å². The second kappa shape index (κ2) is 14.3. The molecule has 0 aromatic rings. The molecule has 0 aliphatic carbocycles. The number of ether oxygens (including phenoxy) is 5. The molecule has 4 rings (SSSR count). The van der Waals surface area contributed by atoms with Gasteiger partial charge >= 0.3 is 11.9 Å². The maximum atomic E-state index is 13.6. The van der Waals surface area contributed by atoms with Gasteiger partial charge in [-0.25, -0.2) is 4.79 Å². The van der Waals surface area contributed by atoms with Crippen LogP contribution in [0.1, 0.15) is 67.2 Å². The lowest BCUT2D eigenvalue weighted by molar-refractivity contribution is -0.292. The van der Waals surface area contributed by atoms with Gasteiger partial charge in [0.2, 0.25) is 0 Å². The van der Waals surface area contributed by atoms with Crippen LogP contribution in [0.3, 0.4) is 0 Å². The zero-order valence-electron chi connectivity index (χ0n) is 27.7. The van der Waals surface area contributed by atoms with Gasteiger partial charge in [-0.15, -0.1) is 0 Å². The van der Waals surface area contributed by atoms with Gasteiger partial charge in [-0.3, -0.25) is 14.9 Å². The highest BCUT2D eigenvalue weighted by molar-refractivity contribution is 7.09. The Kier molecular flexibility index (Phi) is 11.5. The number of methoxy groups -OCH3 is 1. The minimum absolute atomic E-state index is 0.0260. The minimum Gasteiger partial charge on any atom is -0.462 e. The largest absolute Gasteiger partial charge is 0.462 e. The average molecular weight is 644 g/mol. The molecule has 4 aliphatic heterocycles. The standard InChI is InChI=1S/C31H54N3O9P/c1-14-10-15(2)27(42-29-28(43-44)25(34(7)8)18(5)19(6)40-29)26(38-9)16(3)11-23(36)39-17(4)12-22-24-20(13-21(14)35)33-31(24,32)30(37)41-22/h14-20,22,24-29,33H,10-13,32,44H2,1-9H3/t14-,15+,16-,17-,18?,19?,20-,22+,24?,25?,26+,27+,28?,29?,31-/m1/s1. The van der Waals surface area contributed by atoms with Gasteiger partial charge in [-0.05, 0) is 46.2 Å². The van der Waals surface area contributed by atoms with Gasteiger partial charge in [-0.2, -0.15) is 0 Å². The number of hydrogen-bond acceptors (Lipinski definition) is 12. The molecule has 4 fully saturated rings. The maximum absolute atomic E-state index is 13.6. The maximum Gasteiger partial charge on any atom is 0.341 e. The highest BCUT2D eigenvalue weighted by Crippen LogP contribution is 2.43. The predicted molar refractivity (Wildman–Crippen MR) is 165 cm³/mol. The summed E-state index contributed by atoms with van der Waals surface area (Å²) in [6.07, 6.45) is -2.19. The van der Waals surface area contributed by atoms with E-state index in [1.54, 1.807) is 14.0 Å². The number of Topliss-reactive ketones (excluding diaryl/α,β-unsaturated/α-hetero) is 1. The van der Waals surface area contributed by atoms with Gasteiger partial charge in [-0.1, -0.05) is 27.7 Å². The number of rotatable bonds is 5. The Bertz CT molecular complexity index is 1050. The number of likely N-dealkylation sites (N-methyl/N-ethyl adjacent to an activating group) is 1. The molecular formula is C31H54N3O9P. The van der Waals surface area contributed by atoms with Crippen molar-refractivity contribution in [3.8, 4) is 0 Å². The summed E-state index contributed by atoms with van der Waals surface area (Å²) >= 11 is 0. The number of carbonyl (C=O) groups is 3. The van der Waals surface area contributed by atoms with Crippen LogP contribution in [0.15, 0.2) is 0 Å². The first-order valence-corrected chi connectivity index (χ1v) is 16.4. The van der Waals surface area contributed by atoms with Crippen LogP contribution in [0, 0.1) is 29.6 Å². The Morgan fingerprint density at radius 2 is 1.64 bits per heavy atom. The quantitative estimate of drug-likeness (QED) is 0.334. The average Bonchev–Trinajstić information content (AvgIpc) is 3.10. The van der Waals surface area contributed by atoms with Gasteiger partial charge in [0.25, 0.3) is 0 Å². The summed E-state index contributed by atoms with van der Waals surface area (Å²) in [7, 11) is 8.01. The summed E-state index contributed by atoms with van der Waals surface area (Å²) in [4.78, 5) is 41.5. The fourth-order valence-electron chi connectivity index (χ4n) is 7.96. The monoisotopic (exact) mass is 643 g/mol. The Labute approximate surface area is 264 Å². The lowest BCUT2D eigenvalue weighted by atomic mass is 9.71. The molecule has 0 radical (unpaired) electrons. The number of ketones is 1. The van der Waals surface area contributed by atoms with Crippen LogP contribution < -0.4 is 11.1 Å². The first kappa shape index (κ1) is 35.6. The van der Waals surface area contributed by atoms with Crippen molar-refractivity contribution in [3.63, 3.8) is 0 Å². The second-order valence-electron chi connectivity index (χ2n) is 14.0. The smallest absolute Gasteiger partial charge is 0.341 e. The third-order valence-corrected chi connectivity index (χ3v) is 10.8. The normalized spacial score (nSPS) is 47.5. The van der Waals surface area contributed by atoms with Gasteiger partial charge in [0.1, 0.15) is 24.1 Å². The lowest BCUT2D eigenvalue weighted by Gasteiger charge is -2.49. The number of nitrogens with one attached hydrogen (secondary N) is 1. The summed E-state index contributed by atoms with van der Waals surface area (Å²) in [5.74, 6) is -1.79. The third-order valence-electron chi connectivity index (χ3n) is 10.5. The Morgan fingerprint density at radius 3 is 2.25 bits per heavy atom. The van der Waals surface area contributed by atoms with Crippen molar-refractivity contribution in [1.82, 2.24) is 10.2 Å². The number of esters is 2. The van der Waals surface area contributed by atoms with Crippen molar-refractivity contribution in [2.45, 2.75) is 128 Å². The molecule has 13 heteroatoms. The van der Waals surface area contributed by atoms with E-state index in [1.165, 1.54) is 0 Å². The molecule has 4 aliphatic rings. The zero-order chi connectivity index (χ0) is 32.7. The van der Waals surface area contributed by atoms with Crippen LogP contribution in [0.25, 0.3) is 0 Å². The fraction of sp³-hybridized carbons (Fsp3) is 0.903. The molecule has 0 aromatic carbocycles. The van der Waals surface area contributed by atoms with Crippen molar-refractivity contribution >= 4 is 27.2 Å². The fourth-order valence-corrected chi connectivity index (χ4v) is 8.25. The number of cyclic esters (lactones) is 1. The molecule has 0 aromatic heterocycles. The molecule has 44 heavy (non-hydrogen) atoms. The highest BCUT2D eigenvalue weighted by atomic mass is 31.0. The second-order valence-corrected chi connectivity index (χ2v) is 14.3. The first-order valence-electron chi connectivity index (χ1n) is 16.0. The van der Waals surface area contributed by atoms with Gasteiger partial charge in [0, 0.05) is 53.3 Å². The number of nitrogens with zero attached hydrogens (tertiary/aromatic N) is 1. The Balaban J connectivity index is 1.62. The molecule has 16 atom stereocenters. The molecular weight excluding hydrogens is 589 g/mol. The summed E-state index contributed by atoms with van der Waals surface area (Å²) in [5.41, 5.74) is 5.04. The highest BCUT2D eigenvalue weighted by Gasteiger charge is 2.66. The van der Waals surface area contributed by atoms with Crippen molar-refractivity contribution in [3.05, 3.63) is 0 Å². The van der Waals surface area contributed by atoms with Crippen molar-refractivity contribution in [2.24, 2.45) is 35.3 Å². The summed E-state index contributed by atoms with van der Waals surface area (Å²) < 4.78 is 36.6. The van der Waals surface area contributed by atoms with Crippen LogP contribution in [0.5, 0.6) is 0 Å². The molecule has 4 saturated heterocycles. The molecule has 3 N–H and O–H groups in total. The minimum atomic E-state index is -1.32.